The standard InChI is InChI=1S/C22H23FN2O3/c23-19-7-5-16(6-8-19)20(25-9-11-27-12-10-25)14-24-22(26)18-13-17-3-1-2-4-21(17)28-15-18/h1-8,13,20H,9-12,14-15H2,(H,24,26)/t20-/m1/s1. The number of nitrogens with zero attached hydrogens (tertiary/aromatic N) is 1. The van der Waals surface area contributed by atoms with Crippen LogP contribution in [-0.2, 0) is 9.53 Å². The molecular formula is C22H23FN2O3. The van der Waals surface area contributed by atoms with Gasteiger partial charge in [-0.2, -0.15) is 0 Å². The van der Waals surface area contributed by atoms with E-state index in [4.69, 9.17) is 9.47 Å². The van der Waals surface area contributed by atoms with Gasteiger partial charge in [0.25, 0.3) is 5.91 Å². The summed E-state index contributed by atoms with van der Waals surface area (Å²) in [5, 5.41) is 3.03. The van der Waals surface area contributed by atoms with Gasteiger partial charge in [0.1, 0.15) is 18.2 Å². The van der Waals surface area contributed by atoms with Crippen LogP contribution in [0.25, 0.3) is 6.08 Å². The van der Waals surface area contributed by atoms with Crippen LogP contribution in [0.5, 0.6) is 5.75 Å². The summed E-state index contributed by atoms with van der Waals surface area (Å²) in [6.07, 6.45) is 1.87. The van der Waals surface area contributed by atoms with E-state index in [1.165, 1.54) is 12.1 Å². The number of fused-ring (bicyclic) bond motifs is 1. The average Bonchev–Trinajstić information content (AvgIpc) is 2.75. The van der Waals surface area contributed by atoms with E-state index >= 15 is 0 Å². The van der Waals surface area contributed by atoms with Crippen LogP contribution in [0.1, 0.15) is 17.2 Å². The third-order valence-corrected chi connectivity index (χ3v) is 5.12. The van der Waals surface area contributed by atoms with Gasteiger partial charge in [-0.3, -0.25) is 9.69 Å². The number of hydrogen-bond donors (Lipinski definition) is 1. The lowest BCUT2D eigenvalue weighted by Gasteiger charge is -2.35. The summed E-state index contributed by atoms with van der Waals surface area (Å²) in [7, 11) is 0. The Kier molecular flexibility index (Phi) is 5.69. The molecule has 1 fully saturated rings. The van der Waals surface area contributed by atoms with Gasteiger partial charge in [-0.15, -0.1) is 0 Å². The molecule has 1 N–H and O–H groups in total. The number of carbonyl (C=O) groups excluding carboxylic acids is 1. The molecule has 2 aliphatic heterocycles. The molecule has 1 atom stereocenters. The molecule has 2 aliphatic rings. The first-order valence-corrected chi connectivity index (χ1v) is 9.48. The van der Waals surface area contributed by atoms with Crippen molar-refractivity contribution in [2.45, 2.75) is 6.04 Å². The van der Waals surface area contributed by atoms with Gasteiger partial charge in [0.2, 0.25) is 0 Å². The lowest BCUT2D eigenvalue weighted by Crippen LogP contribution is -2.44. The minimum Gasteiger partial charge on any atom is -0.488 e. The van der Waals surface area contributed by atoms with Crippen molar-refractivity contribution in [2.24, 2.45) is 0 Å². The normalized spacial score (nSPS) is 17.8. The summed E-state index contributed by atoms with van der Waals surface area (Å²) in [4.78, 5) is 15.0. The second-order valence-electron chi connectivity index (χ2n) is 6.92. The Hall–Kier alpha value is -2.70. The first-order chi connectivity index (χ1) is 13.7. The van der Waals surface area contributed by atoms with E-state index in [0.29, 0.717) is 25.3 Å². The summed E-state index contributed by atoms with van der Waals surface area (Å²) in [6, 6.07) is 14.1. The number of morpholine rings is 1. The Morgan fingerprint density at radius 1 is 1.11 bits per heavy atom. The molecule has 0 unspecified atom stereocenters. The Bertz CT molecular complexity index is 860. The van der Waals surface area contributed by atoms with Crippen LogP contribution in [0.3, 0.4) is 0 Å². The molecule has 6 heteroatoms. The average molecular weight is 382 g/mol. The van der Waals surface area contributed by atoms with Gasteiger partial charge >= 0.3 is 0 Å². The maximum absolute atomic E-state index is 13.3. The van der Waals surface area contributed by atoms with Crippen molar-refractivity contribution >= 4 is 12.0 Å². The van der Waals surface area contributed by atoms with Crippen molar-refractivity contribution in [3.63, 3.8) is 0 Å². The third kappa shape index (κ3) is 4.24. The van der Waals surface area contributed by atoms with Crippen molar-refractivity contribution in [2.75, 3.05) is 39.5 Å². The SMILES string of the molecule is O=C(NC[C@H](c1ccc(F)cc1)N1CCOCC1)C1=Cc2ccccc2OC1. The quantitative estimate of drug-likeness (QED) is 0.864. The zero-order chi connectivity index (χ0) is 19.3. The topological polar surface area (TPSA) is 50.8 Å². The Labute approximate surface area is 163 Å². The first kappa shape index (κ1) is 18.7. The van der Waals surface area contributed by atoms with Gasteiger partial charge in [0.05, 0.1) is 24.8 Å². The summed E-state index contributed by atoms with van der Waals surface area (Å²) in [5.74, 6) is 0.378. The summed E-state index contributed by atoms with van der Waals surface area (Å²) >= 11 is 0. The predicted molar refractivity (Wildman–Crippen MR) is 104 cm³/mol. The van der Waals surface area contributed by atoms with Gasteiger partial charge in [0, 0.05) is 25.2 Å². The van der Waals surface area contributed by atoms with Crippen LogP contribution in [0.2, 0.25) is 0 Å². The minimum absolute atomic E-state index is 0.0363. The molecule has 0 saturated carbocycles. The highest BCUT2D eigenvalue weighted by Gasteiger charge is 2.24. The summed E-state index contributed by atoms with van der Waals surface area (Å²) in [6.45, 7) is 3.54. The van der Waals surface area contributed by atoms with Crippen molar-refractivity contribution in [1.29, 1.82) is 0 Å². The number of amides is 1. The van der Waals surface area contributed by atoms with E-state index < -0.39 is 0 Å². The van der Waals surface area contributed by atoms with E-state index in [1.807, 2.05) is 30.3 Å². The highest BCUT2D eigenvalue weighted by atomic mass is 19.1. The van der Waals surface area contributed by atoms with Crippen molar-refractivity contribution < 1.29 is 18.7 Å². The van der Waals surface area contributed by atoms with Gasteiger partial charge in [-0.25, -0.2) is 4.39 Å². The van der Waals surface area contributed by atoms with Crippen molar-refractivity contribution in [3.05, 3.63) is 71.0 Å². The van der Waals surface area contributed by atoms with Gasteiger partial charge in [0.15, 0.2) is 0 Å². The van der Waals surface area contributed by atoms with E-state index in [9.17, 15) is 9.18 Å². The molecule has 2 aromatic carbocycles. The number of para-hydroxylation sites is 1. The molecule has 2 heterocycles. The predicted octanol–water partition coefficient (Wildman–Crippen LogP) is 2.79. The molecule has 0 spiro atoms. The number of hydrogen-bond acceptors (Lipinski definition) is 4. The zero-order valence-corrected chi connectivity index (χ0v) is 15.6. The fraction of sp³-hybridized carbons (Fsp3) is 0.318. The molecule has 1 amide bonds. The first-order valence-electron chi connectivity index (χ1n) is 9.48. The molecule has 0 radical (unpaired) electrons. The van der Waals surface area contributed by atoms with E-state index in [2.05, 4.69) is 10.2 Å². The number of ether oxygens (including phenoxy) is 2. The van der Waals surface area contributed by atoms with Crippen LogP contribution in [0.4, 0.5) is 4.39 Å². The van der Waals surface area contributed by atoms with Crippen molar-refractivity contribution in [1.82, 2.24) is 10.2 Å². The Morgan fingerprint density at radius 3 is 2.64 bits per heavy atom. The maximum atomic E-state index is 13.3. The number of carbonyl (C=O) groups is 1. The number of halogens is 1. The summed E-state index contributed by atoms with van der Waals surface area (Å²) in [5.41, 5.74) is 2.48. The fourth-order valence-electron chi connectivity index (χ4n) is 3.58. The van der Waals surface area contributed by atoms with E-state index in [1.54, 1.807) is 12.1 Å². The fourth-order valence-corrected chi connectivity index (χ4v) is 3.58. The maximum Gasteiger partial charge on any atom is 0.250 e. The Balaban J connectivity index is 1.47. The molecule has 0 bridgehead atoms. The van der Waals surface area contributed by atoms with Crippen molar-refractivity contribution in [3.8, 4) is 5.75 Å². The molecule has 146 valence electrons. The number of nitrogens with one attached hydrogen (secondary N) is 1. The monoisotopic (exact) mass is 382 g/mol. The molecule has 2 aromatic rings. The number of rotatable bonds is 5. The molecule has 4 rings (SSSR count). The second-order valence-corrected chi connectivity index (χ2v) is 6.92. The molecule has 1 saturated heterocycles. The molecule has 0 aromatic heterocycles. The van der Waals surface area contributed by atoms with E-state index in [0.717, 1.165) is 30.0 Å². The highest BCUT2D eigenvalue weighted by Crippen LogP contribution is 2.26. The zero-order valence-electron chi connectivity index (χ0n) is 15.6. The second kappa shape index (κ2) is 8.54. The lowest BCUT2D eigenvalue weighted by atomic mass is 10.0. The van der Waals surface area contributed by atoms with Crippen LogP contribution in [-0.4, -0.2) is 50.3 Å². The van der Waals surface area contributed by atoms with Crippen LogP contribution in [0.15, 0.2) is 54.1 Å². The highest BCUT2D eigenvalue weighted by molar-refractivity contribution is 5.99. The minimum atomic E-state index is -0.267. The Morgan fingerprint density at radius 2 is 1.86 bits per heavy atom. The molecule has 5 nitrogen and oxygen atoms in total. The molecule has 28 heavy (non-hydrogen) atoms. The molecule has 0 aliphatic carbocycles. The smallest absolute Gasteiger partial charge is 0.250 e. The van der Waals surface area contributed by atoms with Crippen LogP contribution in [0, 0.1) is 5.82 Å². The van der Waals surface area contributed by atoms with Crippen LogP contribution < -0.4 is 10.1 Å². The van der Waals surface area contributed by atoms with Gasteiger partial charge < -0.3 is 14.8 Å². The van der Waals surface area contributed by atoms with Gasteiger partial charge in [-0.1, -0.05) is 30.3 Å². The van der Waals surface area contributed by atoms with E-state index in [-0.39, 0.29) is 24.4 Å². The largest absolute Gasteiger partial charge is 0.488 e. The third-order valence-electron chi connectivity index (χ3n) is 5.12. The van der Waals surface area contributed by atoms with Crippen LogP contribution >= 0.6 is 0 Å². The summed E-state index contributed by atoms with van der Waals surface area (Å²) < 4.78 is 24.5. The van der Waals surface area contributed by atoms with Gasteiger partial charge in [-0.05, 0) is 29.8 Å². The number of benzene rings is 2. The molecular weight excluding hydrogens is 359 g/mol. The lowest BCUT2D eigenvalue weighted by molar-refractivity contribution is -0.118.